The minimum atomic E-state index is -1.18. The average Bonchev–Trinajstić information content (AvgIpc) is 3.19. The topological polar surface area (TPSA) is 69.2 Å². The molecule has 2 aromatic rings. The molecule has 1 N–H and O–H groups in total. The molecular weight excluding hydrogens is 400 g/mol. The first-order valence-corrected chi connectivity index (χ1v) is 12.5. The number of aryl methyl sites for hydroxylation is 2. The Labute approximate surface area is 195 Å². The van der Waals surface area contributed by atoms with Crippen LogP contribution < -0.4 is 9.67 Å². The van der Waals surface area contributed by atoms with E-state index in [9.17, 15) is 9.90 Å². The Morgan fingerprint density at radius 1 is 0.875 bits per heavy atom. The van der Waals surface area contributed by atoms with Crippen LogP contribution in [-0.4, -0.2) is 15.6 Å². The van der Waals surface area contributed by atoms with Crippen molar-refractivity contribution in [3.8, 4) is 5.75 Å². The third-order valence-electron chi connectivity index (χ3n) is 5.71. The molecule has 0 unspecified atom stereocenters. The van der Waals surface area contributed by atoms with Crippen molar-refractivity contribution in [1.82, 2.24) is 4.57 Å². The van der Waals surface area contributed by atoms with Gasteiger partial charge < -0.3 is 10.2 Å². The molecule has 180 valence electrons. The molecule has 5 nitrogen and oxygen atoms in total. The maximum absolute atomic E-state index is 10.7. The molecule has 2 rings (SSSR count). The number of hydrogen-bond donors (Lipinski definition) is 1. The monoisotopic (exact) mass is 444 g/mol. The standard InChI is InChI=1S/C20H39N2.C7H6O3/c1-3-4-5-6-7-8-9-10-11-12-13-14-15-16-17-22-19-18-21(2)20-22;8-6-4-2-1-3-5(6)7(9)10/h18-20H,3-17H2,1-2H3;1-4,8H,(H,9,10)/q+1;/p-1. The van der Waals surface area contributed by atoms with Gasteiger partial charge >= 0.3 is 5.97 Å². The van der Waals surface area contributed by atoms with Crippen molar-refractivity contribution < 1.29 is 19.6 Å². The summed E-state index contributed by atoms with van der Waals surface area (Å²) in [6, 6.07) is 5.54. The molecule has 32 heavy (non-hydrogen) atoms. The normalized spacial score (nSPS) is 10.6. The summed E-state index contributed by atoms with van der Waals surface area (Å²) in [6.45, 7) is 3.47. The number of para-hydroxylation sites is 1. The van der Waals surface area contributed by atoms with Gasteiger partial charge in [-0.15, -0.1) is 0 Å². The number of carbonyl (C=O) groups is 1. The molecule has 1 aromatic heterocycles. The highest BCUT2D eigenvalue weighted by Crippen LogP contribution is 2.13. The minimum absolute atomic E-state index is 0.178. The van der Waals surface area contributed by atoms with Crippen LogP contribution in [0.2, 0.25) is 0 Å². The number of aromatic nitrogens is 2. The Balaban J connectivity index is 0.000000425. The van der Waals surface area contributed by atoms with Gasteiger partial charge in [0.15, 0.2) is 0 Å². The van der Waals surface area contributed by atoms with Gasteiger partial charge in [-0.1, -0.05) is 108 Å². The van der Waals surface area contributed by atoms with E-state index >= 15 is 0 Å². The van der Waals surface area contributed by atoms with Crippen molar-refractivity contribution in [2.45, 2.75) is 103 Å². The van der Waals surface area contributed by atoms with E-state index in [1.54, 1.807) is 0 Å². The second-order valence-electron chi connectivity index (χ2n) is 8.71. The van der Waals surface area contributed by atoms with Gasteiger partial charge in [0.2, 0.25) is 6.33 Å². The molecule has 0 saturated carbocycles. The van der Waals surface area contributed by atoms with Crippen LogP contribution in [0.4, 0.5) is 0 Å². The van der Waals surface area contributed by atoms with Crippen LogP contribution in [0.25, 0.3) is 0 Å². The van der Waals surface area contributed by atoms with Gasteiger partial charge in [0.25, 0.3) is 0 Å². The first-order valence-electron chi connectivity index (χ1n) is 12.5. The lowest BCUT2D eigenvalue weighted by Gasteiger charge is -2.07. The van der Waals surface area contributed by atoms with Crippen LogP contribution in [0.3, 0.4) is 0 Å². The van der Waals surface area contributed by atoms with Gasteiger partial charge in [-0.25, -0.2) is 13.9 Å². The molecular formula is C27H44N2O3. The Morgan fingerprint density at radius 3 is 1.78 bits per heavy atom. The van der Waals surface area contributed by atoms with Gasteiger partial charge in [-0.2, -0.15) is 0 Å². The number of carboxylic acid groups (broad SMARTS) is 1. The van der Waals surface area contributed by atoms with Gasteiger partial charge in [0.05, 0.1) is 19.2 Å². The lowest BCUT2D eigenvalue weighted by molar-refractivity contribution is -0.671. The number of unbranched alkanes of at least 4 members (excludes halogenated alkanes) is 13. The van der Waals surface area contributed by atoms with Crippen LogP contribution in [0, 0.1) is 0 Å². The van der Waals surface area contributed by atoms with Gasteiger partial charge in [0.1, 0.15) is 12.4 Å². The van der Waals surface area contributed by atoms with E-state index in [0.29, 0.717) is 0 Å². The summed E-state index contributed by atoms with van der Waals surface area (Å²) in [5, 5.41) is 19.0. The average molecular weight is 445 g/mol. The largest absolute Gasteiger partial charge is 0.872 e. The van der Waals surface area contributed by atoms with Crippen LogP contribution in [0.1, 0.15) is 107 Å². The number of nitrogens with zero attached hydrogens (tertiary/aromatic N) is 2. The summed E-state index contributed by atoms with van der Waals surface area (Å²) in [4.78, 5) is 10.2. The van der Waals surface area contributed by atoms with E-state index in [1.165, 1.54) is 121 Å². The summed E-state index contributed by atoms with van der Waals surface area (Å²) in [7, 11) is 2.09. The summed E-state index contributed by atoms with van der Waals surface area (Å²) in [6.07, 6.45) is 26.5. The second-order valence-corrected chi connectivity index (χ2v) is 8.71. The molecule has 0 radical (unpaired) electrons. The zero-order valence-electron chi connectivity index (χ0n) is 20.3. The van der Waals surface area contributed by atoms with Crippen LogP contribution in [-0.2, 0) is 13.6 Å². The molecule has 0 atom stereocenters. The molecule has 0 aliphatic heterocycles. The first kappa shape index (κ1) is 27.7. The quantitative estimate of drug-likeness (QED) is 0.246. The van der Waals surface area contributed by atoms with E-state index in [0.717, 1.165) is 0 Å². The number of imidazole rings is 1. The fourth-order valence-corrected chi connectivity index (χ4v) is 3.77. The predicted molar refractivity (Wildman–Crippen MR) is 129 cm³/mol. The van der Waals surface area contributed by atoms with Crippen molar-refractivity contribution in [1.29, 1.82) is 0 Å². The summed E-state index contributed by atoms with van der Waals surface area (Å²) < 4.78 is 4.41. The van der Waals surface area contributed by atoms with Crippen LogP contribution >= 0.6 is 0 Å². The highest BCUT2D eigenvalue weighted by molar-refractivity contribution is 5.90. The van der Waals surface area contributed by atoms with Crippen LogP contribution in [0.5, 0.6) is 5.75 Å². The molecule has 0 aliphatic carbocycles. The highest BCUT2D eigenvalue weighted by atomic mass is 16.4. The number of hydrogen-bond acceptors (Lipinski definition) is 2. The van der Waals surface area contributed by atoms with Crippen molar-refractivity contribution in [2.75, 3.05) is 0 Å². The summed E-state index contributed by atoms with van der Waals surface area (Å²) in [5.41, 5.74) is -0.178. The number of aromatic carboxylic acids is 1. The molecule has 1 heterocycles. The van der Waals surface area contributed by atoms with E-state index in [1.807, 2.05) is 0 Å². The van der Waals surface area contributed by atoms with Crippen molar-refractivity contribution in [3.05, 3.63) is 48.5 Å². The summed E-state index contributed by atoms with van der Waals surface area (Å²) >= 11 is 0. The Morgan fingerprint density at radius 2 is 1.38 bits per heavy atom. The second kappa shape index (κ2) is 18.3. The van der Waals surface area contributed by atoms with Gasteiger partial charge in [0, 0.05) is 0 Å². The fraction of sp³-hybridized carbons (Fsp3) is 0.630. The van der Waals surface area contributed by atoms with E-state index in [-0.39, 0.29) is 5.56 Å². The van der Waals surface area contributed by atoms with Gasteiger partial charge in [-0.05, 0) is 18.9 Å². The molecule has 0 saturated heterocycles. The Bertz CT molecular complexity index is 727. The molecule has 0 fully saturated rings. The maximum Gasteiger partial charge on any atom is 0.335 e. The lowest BCUT2D eigenvalue weighted by Crippen LogP contribution is -2.23. The molecule has 0 spiro atoms. The molecule has 0 aliphatic rings. The zero-order valence-corrected chi connectivity index (χ0v) is 20.3. The number of rotatable bonds is 16. The molecule has 1 aromatic carbocycles. The SMILES string of the molecule is CCCCCCCCCCCCCCCCn1cc[n+](C)c1.O=C(O)c1ccccc1[O-]. The third-order valence-corrected chi connectivity index (χ3v) is 5.71. The van der Waals surface area contributed by atoms with Crippen molar-refractivity contribution in [3.63, 3.8) is 0 Å². The molecule has 0 bridgehead atoms. The van der Waals surface area contributed by atoms with Gasteiger partial charge in [-0.3, -0.25) is 0 Å². The van der Waals surface area contributed by atoms with E-state index in [4.69, 9.17) is 5.11 Å². The van der Waals surface area contributed by atoms with E-state index < -0.39 is 11.7 Å². The number of benzene rings is 1. The van der Waals surface area contributed by atoms with Crippen molar-refractivity contribution in [2.24, 2.45) is 7.05 Å². The lowest BCUT2D eigenvalue weighted by atomic mass is 10.0. The Hall–Kier alpha value is -2.30. The fourth-order valence-electron chi connectivity index (χ4n) is 3.77. The maximum atomic E-state index is 10.7. The predicted octanol–water partition coefficient (Wildman–Crippen LogP) is 6.25. The van der Waals surface area contributed by atoms with Crippen LogP contribution in [0.15, 0.2) is 43.0 Å². The Kier molecular flexibility index (Phi) is 15.9. The number of carboxylic acids is 1. The smallest absolute Gasteiger partial charge is 0.335 e. The third kappa shape index (κ3) is 13.9. The van der Waals surface area contributed by atoms with E-state index in [2.05, 4.69) is 41.8 Å². The zero-order chi connectivity index (χ0) is 23.4. The molecule has 5 heteroatoms. The molecule has 0 amide bonds. The highest BCUT2D eigenvalue weighted by Gasteiger charge is 2.00. The summed E-state index contributed by atoms with van der Waals surface area (Å²) in [5.74, 6) is -1.62. The minimum Gasteiger partial charge on any atom is -0.872 e. The first-order chi connectivity index (χ1) is 15.5. The van der Waals surface area contributed by atoms with Crippen molar-refractivity contribution >= 4 is 5.97 Å².